The Morgan fingerprint density at radius 2 is 1.92 bits per heavy atom. The van der Waals surface area contributed by atoms with E-state index in [1.54, 1.807) is 12.1 Å². The summed E-state index contributed by atoms with van der Waals surface area (Å²) < 4.78 is 13.3. The minimum Gasteiger partial charge on any atom is -0.383 e. The van der Waals surface area contributed by atoms with Crippen LogP contribution in [0, 0.1) is 5.82 Å². The van der Waals surface area contributed by atoms with Crippen molar-refractivity contribution in [1.82, 2.24) is 15.3 Å². The monoisotopic (exact) mass is 322 g/mol. The lowest BCUT2D eigenvalue weighted by Gasteiger charge is -2.08. The Hall–Kier alpha value is -3.28. The first-order chi connectivity index (χ1) is 11.6. The smallest absolute Gasteiger partial charge is 0.256 e. The van der Waals surface area contributed by atoms with E-state index in [4.69, 9.17) is 5.73 Å². The predicted octanol–water partition coefficient (Wildman–Crippen LogP) is 2.79. The number of nitrogens with two attached hydrogens (primary N) is 1. The van der Waals surface area contributed by atoms with Crippen molar-refractivity contribution < 1.29 is 9.18 Å². The molecule has 0 spiro atoms. The molecule has 5 nitrogen and oxygen atoms in total. The fourth-order valence-corrected chi connectivity index (χ4v) is 2.21. The number of halogens is 1. The van der Waals surface area contributed by atoms with Crippen molar-refractivity contribution in [2.24, 2.45) is 0 Å². The number of aromatic nitrogens is 2. The van der Waals surface area contributed by atoms with Gasteiger partial charge in [0.1, 0.15) is 11.6 Å². The van der Waals surface area contributed by atoms with Gasteiger partial charge in [0, 0.05) is 18.3 Å². The van der Waals surface area contributed by atoms with E-state index >= 15 is 0 Å². The first-order valence-corrected chi connectivity index (χ1v) is 7.34. The van der Waals surface area contributed by atoms with Crippen LogP contribution >= 0.6 is 0 Å². The van der Waals surface area contributed by atoms with Crippen LogP contribution in [0.2, 0.25) is 0 Å². The zero-order chi connectivity index (χ0) is 16.9. The maximum absolute atomic E-state index is 13.3. The molecule has 3 N–H and O–H groups in total. The molecular weight excluding hydrogens is 307 g/mol. The first-order valence-electron chi connectivity index (χ1n) is 7.34. The fraction of sp³-hybridized carbons (Fsp3) is 0.0556. The molecule has 2 aromatic carbocycles. The van der Waals surface area contributed by atoms with Gasteiger partial charge >= 0.3 is 0 Å². The van der Waals surface area contributed by atoms with Crippen LogP contribution in [-0.2, 0) is 6.54 Å². The zero-order valence-corrected chi connectivity index (χ0v) is 12.7. The van der Waals surface area contributed by atoms with Crippen LogP contribution < -0.4 is 11.1 Å². The quantitative estimate of drug-likeness (QED) is 0.774. The molecule has 0 radical (unpaired) electrons. The summed E-state index contributed by atoms with van der Waals surface area (Å²) in [6.07, 6.45) is 1.35. The maximum atomic E-state index is 13.3. The number of rotatable bonds is 4. The van der Waals surface area contributed by atoms with Crippen LogP contribution in [0.5, 0.6) is 0 Å². The lowest BCUT2D eigenvalue weighted by molar-refractivity contribution is 0.0951. The number of anilines is 1. The highest BCUT2D eigenvalue weighted by atomic mass is 19.1. The van der Waals surface area contributed by atoms with Gasteiger partial charge in [0.25, 0.3) is 5.91 Å². The molecule has 0 saturated carbocycles. The van der Waals surface area contributed by atoms with Crippen LogP contribution in [0.15, 0.2) is 60.8 Å². The molecule has 0 aliphatic carbocycles. The van der Waals surface area contributed by atoms with Gasteiger partial charge in [0.15, 0.2) is 5.82 Å². The number of hydrogen-bond acceptors (Lipinski definition) is 4. The van der Waals surface area contributed by atoms with Gasteiger partial charge < -0.3 is 11.1 Å². The van der Waals surface area contributed by atoms with Gasteiger partial charge in [-0.15, -0.1) is 0 Å². The van der Waals surface area contributed by atoms with Gasteiger partial charge in [-0.05, 0) is 17.7 Å². The predicted molar refractivity (Wildman–Crippen MR) is 89.5 cm³/mol. The summed E-state index contributed by atoms with van der Waals surface area (Å²) in [4.78, 5) is 20.4. The Bertz CT molecular complexity index is 868. The number of nitrogens with zero attached hydrogens (tertiary/aromatic N) is 2. The minimum absolute atomic E-state index is 0.0508. The van der Waals surface area contributed by atoms with E-state index in [0.717, 1.165) is 5.56 Å². The van der Waals surface area contributed by atoms with Crippen LogP contribution in [0.25, 0.3) is 11.4 Å². The van der Waals surface area contributed by atoms with Crippen molar-refractivity contribution >= 4 is 11.7 Å². The molecule has 1 heterocycles. The molecular formula is C18H15FN4O. The Morgan fingerprint density at radius 1 is 1.12 bits per heavy atom. The molecule has 0 aliphatic heterocycles. The maximum Gasteiger partial charge on any atom is 0.256 e. The second kappa shape index (κ2) is 6.87. The van der Waals surface area contributed by atoms with E-state index in [0.29, 0.717) is 12.1 Å². The molecule has 0 aliphatic rings. The van der Waals surface area contributed by atoms with Crippen molar-refractivity contribution in [3.63, 3.8) is 0 Å². The number of benzene rings is 2. The number of nitrogens with one attached hydrogen (secondary N) is 1. The molecule has 0 atom stereocenters. The van der Waals surface area contributed by atoms with E-state index in [2.05, 4.69) is 15.3 Å². The standard InChI is InChI=1S/C18H15FN4O/c19-14-8-4-7-13(9-14)17-21-11-15(16(20)23-17)18(24)22-10-12-5-2-1-3-6-12/h1-9,11H,10H2,(H,22,24)(H2,20,21,23). The van der Waals surface area contributed by atoms with Gasteiger partial charge in [0.2, 0.25) is 0 Å². The van der Waals surface area contributed by atoms with E-state index in [1.807, 2.05) is 30.3 Å². The van der Waals surface area contributed by atoms with E-state index in [1.165, 1.54) is 18.3 Å². The summed E-state index contributed by atoms with van der Waals surface area (Å²) in [6.45, 7) is 0.380. The van der Waals surface area contributed by atoms with Crippen molar-refractivity contribution in [3.05, 3.63) is 77.7 Å². The lowest BCUT2D eigenvalue weighted by Crippen LogP contribution is -2.24. The Labute approximate surface area is 138 Å². The number of amides is 1. The molecule has 24 heavy (non-hydrogen) atoms. The van der Waals surface area contributed by atoms with E-state index < -0.39 is 0 Å². The summed E-state index contributed by atoms with van der Waals surface area (Å²) >= 11 is 0. The molecule has 1 amide bonds. The van der Waals surface area contributed by atoms with E-state index in [-0.39, 0.29) is 28.9 Å². The molecule has 120 valence electrons. The van der Waals surface area contributed by atoms with Gasteiger partial charge in [-0.3, -0.25) is 4.79 Å². The minimum atomic E-state index is -0.389. The van der Waals surface area contributed by atoms with Crippen molar-refractivity contribution in [3.8, 4) is 11.4 Å². The highest BCUT2D eigenvalue weighted by Crippen LogP contribution is 2.18. The summed E-state index contributed by atoms with van der Waals surface area (Å²) in [5.41, 5.74) is 7.52. The zero-order valence-electron chi connectivity index (χ0n) is 12.7. The SMILES string of the molecule is Nc1nc(-c2cccc(F)c2)ncc1C(=O)NCc1ccccc1. The topological polar surface area (TPSA) is 80.9 Å². The Kier molecular flexibility index (Phi) is 4.47. The Balaban J connectivity index is 1.76. The van der Waals surface area contributed by atoms with Crippen molar-refractivity contribution in [2.75, 3.05) is 5.73 Å². The first kappa shape index (κ1) is 15.6. The molecule has 0 fully saturated rings. The highest BCUT2D eigenvalue weighted by molar-refractivity contribution is 5.98. The van der Waals surface area contributed by atoms with Crippen molar-refractivity contribution in [2.45, 2.75) is 6.54 Å². The van der Waals surface area contributed by atoms with Gasteiger partial charge in [0.05, 0.1) is 5.56 Å². The summed E-state index contributed by atoms with van der Waals surface area (Å²) in [5.74, 6) is -0.428. The Morgan fingerprint density at radius 3 is 2.62 bits per heavy atom. The van der Waals surface area contributed by atoms with Crippen LogP contribution in [-0.4, -0.2) is 15.9 Å². The fourth-order valence-electron chi connectivity index (χ4n) is 2.21. The average Bonchev–Trinajstić information content (AvgIpc) is 2.60. The van der Waals surface area contributed by atoms with E-state index in [9.17, 15) is 9.18 Å². The third-order valence-corrected chi connectivity index (χ3v) is 3.44. The molecule has 3 rings (SSSR count). The summed E-state index contributed by atoms with van der Waals surface area (Å²) in [6, 6.07) is 15.4. The number of nitrogen functional groups attached to an aromatic ring is 1. The molecule has 0 saturated heterocycles. The number of hydrogen-bond donors (Lipinski definition) is 2. The second-order valence-corrected chi connectivity index (χ2v) is 5.17. The van der Waals surface area contributed by atoms with Crippen LogP contribution in [0.1, 0.15) is 15.9 Å². The molecule has 0 unspecified atom stereocenters. The third kappa shape index (κ3) is 3.55. The second-order valence-electron chi connectivity index (χ2n) is 5.17. The lowest BCUT2D eigenvalue weighted by atomic mass is 10.2. The van der Waals surface area contributed by atoms with Crippen molar-refractivity contribution in [1.29, 1.82) is 0 Å². The highest BCUT2D eigenvalue weighted by Gasteiger charge is 2.13. The third-order valence-electron chi connectivity index (χ3n) is 3.44. The van der Waals surface area contributed by atoms with Crippen LogP contribution in [0.3, 0.4) is 0 Å². The van der Waals surface area contributed by atoms with Gasteiger partial charge in [-0.25, -0.2) is 14.4 Å². The molecule has 6 heteroatoms. The van der Waals surface area contributed by atoms with Crippen LogP contribution in [0.4, 0.5) is 10.2 Å². The largest absolute Gasteiger partial charge is 0.383 e. The van der Waals surface area contributed by atoms with Gasteiger partial charge in [-0.1, -0.05) is 42.5 Å². The normalized spacial score (nSPS) is 10.4. The van der Waals surface area contributed by atoms with Gasteiger partial charge in [-0.2, -0.15) is 0 Å². The number of carbonyl (C=O) groups is 1. The molecule has 0 bridgehead atoms. The summed E-state index contributed by atoms with van der Waals surface area (Å²) in [7, 11) is 0. The molecule has 1 aromatic heterocycles. The average molecular weight is 322 g/mol. The molecule has 3 aromatic rings. The number of carbonyl (C=O) groups excluding carboxylic acids is 1. The summed E-state index contributed by atoms with van der Waals surface area (Å²) in [5, 5.41) is 2.77.